The van der Waals surface area contributed by atoms with Gasteiger partial charge in [-0.3, -0.25) is 4.79 Å². The lowest BCUT2D eigenvalue weighted by Crippen LogP contribution is -2.37. The summed E-state index contributed by atoms with van der Waals surface area (Å²) in [4.78, 5) is 11.8. The van der Waals surface area contributed by atoms with Crippen molar-refractivity contribution in [2.75, 3.05) is 12.5 Å². The quantitative estimate of drug-likeness (QED) is 0.827. The molecule has 1 aromatic carbocycles. The predicted octanol–water partition coefficient (Wildman–Crippen LogP) is 3.57. The van der Waals surface area contributed by atoms with Crippen molar-refractivity contribution in [3.05, 3.63) is 22.2 Å². The van der Waals surface area contributed by atoms with E-state index in [9.17, 15) is 4.79 Å². The fourth-order valence-corrected chi connectivity index (χ4v) is 3.26. The van der Waals surface area contributed by atoms with Crippen LogP contribution >= 0.6 is 27.7 Å². The lowest BCUT2D eigenvalue weighted by Gasteiger charge is -2.17. The predicted molar refractivity (Wildman–Crippen MR) is 88.9 cm³/mol. The van der Waals surface area contributed by atoms with Crippen molar-refractivity contribution >= 4 is 33.6 Å². The van der Waals surface area contributed by atoms with Crippen LogP contribution in [0.15, 0.2) is 16.6 Å². The van der Waals surface area contributed by atoms with Gasteiger partial charge >= 0.3 is 0 Å². The highest BCUT2D eigenvalue weighted by molar-refractivity contribution is 9.10. The van der Waals surface area contributed by atoms with Gasteiger partial charge in [0.05, 0.1) is 5.75 Å². The minimum Gasteiger partial charge on any atom is -0.454 e. The van der Waals surface area contributed by atoms with Gasteiger partial charge in [0.15, 0.2) is 11.5 Å². The standard InChI is InChI=1S/C15H20BrNO3S/c1-9(2)10(3)17-15(18)7-21-6-11-4-13-14(5-12(11)16)20-8-19-13/h4-5,9-10H,6-8H2,1-3H3,(H,17,18)/t10-/m0/s1. The van der Waals surface area contributed by atoms with E-state index in [1.165, 1.54) is 0 Å². The Kier molecular flexibility index (Phi) is 5.81. The van der Waals surface area contributed by atoms with Crippen molar-refractivity contribution in [1.29, 1.82) is 0 Å². The van der Waals surface area contributed by atoms with Crippen LogP contribution in [0, 0.1) is 5.92 Å². The number of nitrogens with one attached hydrogen (secondary N) is 1. The lowest BCUT2D eigenvalue weighted by atomic mass is 10.1. The average Bonchev–Trinajstić information content (AvgIpc) is 2.85. The molecule has 1 aliphatic heterocycles. The maximum Gasteiger partial charge on any atom is 0.231 e. The molecular formula is C15H20BrNO3S. The Bertz CT molecular complexity index is 522. The molecule has 0 fully saturated rings. The van der Waals surface area contributed by atoms with Gasteiger partial charge < -0.3 is 14.8 Å². The fourth-order valence-electron chi connectivity index (χ4n) is 1.79. The van der Waals surface area contributed by atoms with Gasteiger partial charge in [-0.15, -0.1) is 11.8 Å². The van der Waals surface area contributed by atoms with Crippen LogP contribution in [0.2, 0.25) is 0 Å². The molecule has 0 aliphatic carbocycles. The summed E-state index contributed by atoms with van der Waals surface area (Å²) >= 11 is 5.12. The maximum absolute atomic E-state index is 11.8. The van der Waals surface area contributed by atoms with E-state index in [0.717, 1.165) is 27.3 Å². The Morgan fingerprint density at radius 2 is 2.00 bits per heavy atom. The number of carbonyl (C=O) groups excluding carboxylic acids is 1. The Balaban J connectivity index is 1.82. The number of carbonyl (C=O) groups is 1. The van der Waals surface area contributed by atoms with Crippen molar-refractivity contribution in [3.63, 3.8) is 0 Å². The lowest BCUT2D eigenvalue weighted by molar-refractivity contribution is -0.119. The largest absolute Gasteiger partial charge is 0.454 e. The normalized spacial score (nSPS) is 14.3. The third kappa shape index (κ3) is 4.54. The van der Waals surface area contributed by atoms with Gasteiger partial charge in [0.2, 0.25) is 12.7 Å². The molecule has 1 heterocycles. The summed E-state index contributed by atoms with van der Waals surface area (Å²) in [6.07, 6.45) is 0. The number of ether oxygens (including phenoxy) is 2. The molecule has 1 amide bonds. The van der Waals surface area contributed by atoms with Crippen molar-refractivity contribution in [2.45, 2.75) is 32.6 Å². The van der Waals surface area contributed by atoms with E-state index in [1.54, 1.807) is 11.8 Å². The molecule has 0 radical (unpaired) electrons. The number of benzene rings is 1. The van der Waals surface area contributed by atoms with Crippen LogP contribution in [0.25, 0.3) is 0 Å². The Morgan fingerprint density at radius 3 is 2.67 bits per heavy atom. The van der Waals surface area contributed by atoms with Crippen molar-refractivity contribution in [2.24, 2.45) is 5.92 Å². The molecule has 2 rings (SSSR count). The molecule has 6 heteroatoms. The van der Waals surface area contributed by atoms with E-state index >= 15 is 0 Å². The van der Waals surface area contributed by atoms with Crippen LogP contribution in [0.3, 0.4) is 0 Å². The zero-order valence-corrected chi connectivity index (χ0v) is 14.8. The zero-order valence-electron chi connectivity index (χ0n) is 12.4. The fraction of sp³-hybridized carbons (Fsp3) is 0.533. The third-order valence-electron chi connectivity index (χ3n) is 3.42. The summed E-state index contributed by atoms with van der Waals surface area (Å²) in [6.45, 7) is 6.50. The topological polar surface area (TPSA) is 47.6 Å². The van der Waals surface area contributed by atoms with Crippen LogP contribution in [-0.4, -0.2) is 24.5 Å². The first-order valence-corrected chi connectivity index (χ1v) is 8.87. The van der Waals surface area contributed by atoms with Crippen LogP contribution < -0.4 is 14.8 Å². The van der Waals surface area contributed by atoms with E-state index in [4.69, 9.17) is 9.47 Å². The van der Waals surface area contributed by atoms with Crippen LogP contribution in [0.1, 0.15) is 26.3 Å². The first-order chi connectivity index (χ1) is 9.97. The molecule has 0 spiro atoms. The number of fused-ring (bicyclic) bond motifs is 1. The summed E-state index contributed by atoms with van der Waals surface area (Å²) in [5.41, 5.74) is 1.11. The minimum absolute atomic E-state index is 0.0815. The first-order valence-electron chi connectivity index (χ1n) is 6.92. The van der Waals surface area contributed by atoms with Gasteiger partial charge in [0.1, 0.15) is 0 Å². The smallest absolute Gasteiger partial charge is 0.231 e. The van der Waals surface area contributed by atoms with Gasteiger partial charge in [-0.2, -0.15) is 0 Å². The third-order valence-corrected chi connectivity index (χ3v) is 5.14. The van der Waals surface area contributed by atoms with E-state index in [1.807, 2.05) is 19.1 Å². The molecule has 1 atom stereocenters. The molecule has 1 aromatic rings. The SMILES string of the molecule is CC(C)[C@H](C)NC(=O)CSCc1cc2c(cc1Br)OCO2. The number of halogens is 1. The summed E-state index contributed by atoms with van der Waals surface area (Å²) < 4.78 is 11.7. The molecule has 0 aromatic heterocycles. The number of thioether (sulfide) groups is 1. The average molecular weight is 374 g/mol. The first kappa shape index (κ1) is 16.5. The molecule has 1 aliphatic rings. The van der Waals surface area contributed by atoms with Gasteiger partial charge in [-0.1, -0.05) is 29.8 Å². The summed E-state index contributed by atoms with van der Waals surface area (Å²) in [7, 11) is 0. The monoisotopic (exact) mass is 373 g/mol. The Hall–Kier alpha value is -0.880. The molecule has 21 heavy (non-hydrogen) atoms. The van der Waals surface area contributed by atoms with Gasteiger partial charge in [0.25, 0.3) is 0 Å². The second-order valence-corrected chi connectivity index (χ2v) is 7.23. The number of hydrogen-bond donors (Lipinski definition) is 1. The van der Waals surface area contributed by atoms with Crippen molar-refractivity contribution in [3.8, 4) is 11.5 Å². The van der Waals surface area contributed by atoms with E-state index in [2.05, 4.69) is 35.1 Å². The van der Waals surface area contributed by atoms with E-state index < -0.39 is 0 Å². The molecule has 0 bridgehead atoms. The highest BCUT2D eigenvalue weighted by atomic mass is 79.9. The summed E-state index contributed by atoms with van der Waals surface area (Å²) in [5.74, 6) is 3.27. The van der Waals surface area contributed by atoms with E-state index in [0.29, 0.717) is 11.7 Å². The molecule has 4 nitrogen and oxygen atoms in total. The highest BCUT2D eigenvalue weighted by Gasteiger charge is 2.16. The van der Waals surface area contributed by atoms with Crippen LogP contribution in [0.4, 0.5) is 0 Å². The van der Waals surface area contributed by atoms with Crippen molar-refractivity contribution < 1.29 is 14.3 Å². The molecule has 116 valence electrons. The second kappa shape index (κ2) is 7.40. The summed E-state index contributed by atoms with van der Waals surface area (Å²) in [6, 6.07) is 4.09. The highest BCUT2D eigenvalue weighted by Crippen LogP contribution is 2.38. The van der Waals surface area contributed by atoms with Gasteiger partial charge in [-0.25, -0.2) is 0 Å². The maximum atomic E-state index is 11.8. The minimum atomic E-state index is 0.0815. The molecular weight excluding hydrogens is 354 g/mol. The van der Waals surface area contributed by atoms with Crippen LogP contribution in [-0.2, 0) is 10.5 Å². The van der Waals surface area contributed by atoms with Crippen molar-refractivity contribution in [1.82, 2.24) is 5.32 Å². The Morgan fingerprint density at radius 1 is 1.33 bits per heavy atom. The molecule has 0 unspecified atom stereocenters. The number of hydrogen-bond acceptors (Lipinski definition) is 4. The zero-order chi connectivity index (χ0) is 15.4. The number of rotatable bonds is 6. The molecule has 1 N–H and O–H groups in total. The number of amides is 1. The molecule has 0 saturated carbocycles. The second-order valence-electron chi connectivity index (χ2n) is 5.39. The van der Waals surface area contributed by atoms with E-state index in [-0.39, 0.29) is 18.7 Å². The molecule has 0 saturated heterocycles. The van der Waals surface area contributed by atoms with Gasteiger partial charge in [-0.05, 0) is 30.5 Å². The Labute approximate surface area is 138 Å². The van der Waals surface area contributed by atoms with Crippen LogP contribution in [0.5, 0.6) is 11.5 Å². The van der Waals surface area contributed by atoms with Gasteiger partial charge in [0, 0.05) is 16.3 Å². The summed E-state index contributed by atoms with van der Waals surface area (Å²) in [5, 5.41) is 3.01.